The number of aromatic nitrogens is 1. The minimum absolute atomic E-state index is 0.0187. The third-order valence-corrected chi connectivity index (χ3v) is 2.78. The molecule has 0 unspecified atom stereocenters. The standard InChI is InChI=1S/C11H6BrClN2O3/c12-9-5-2-6-10(14-9)18-11-7(13)3-1-4-8(11)15(16)17/h1-6H. The number of rotatable bonds is 3. The molecule has 0 aliphatic heterocycles. The van der Waals surface area contributed by atoms with Gasteiger partial charge >= 0.3 is 5.69 Å². The zero-order chi connectivity index (χ0) is 13.1. The van der Waals surface area contributed by atoms with E-state index in [1.807, 2.05) is 0 Å². The first-order valence-electron chi connectivity index (χ1n) is 4.81. The lowest BCUT2D eigenvalue weighted by molar-refractivity contribution is -0.385. The Kier molecular flexibility index (Phi) is 3.78. The van der Waals surface area contributed by atoms with Crippen LogP contribution in [0, 0.1) is 10.1 Å². The summed E-state index contributed by atoms with van der Waals surface area (Å²) in [6.07, 6.45) is 0. The molecule has 0 aliphatic rings. The number of nitrogens with zero attached hydrogens (tertiary/aromatic N) is 2. The summed E-state index contributed by atoms with van der Waals surface area (Å²) in [6.45, 7) is 0. The summed E-state index contributed by atoms with van der Waals surface area (Å²) in [5.41, 5.74) is -0.204. The molecule has 1 aromatic carbocycles. The van der Waals surface area contributed by atoms with Crippen LogP contribution in [0.3, 0.4) is 0 Å². The highest BCUT2D eigenvalue weighted by Crippen LogP contribution is 2.37. The largest absolute Gasteiger partial charge is 0.430 e. The molecule has 5 nitrogen and oxygen atoms in total. The molecule has 7 heteroatoms. The number of pyridine rings is 1. The Balaban J connectivity index is 2.42. The first-order valence-corrected chi connectivity index (χ1v) is 5.98. The number of hydrogen-bond donors (Lipinski definition) is 0. The van der Waals surface area contributed by atoms with Crippen LogP contribution in [0.25, 0.3) is 0 Å². The maximum Gasteiger partial charge on any atom is 0.313 e. The number of nitro groups is 1. The Morgan fingerprint density at radius 1 is 1.28 bits per heavy atom. The predicted molar refractivity (Wildman–Crippen MR) is 70.1 cm³/mol. The summed E-state index contributed by atoms with van der Waals surface area (Å²) in [4.78, 5) is 14.3. The van der Waals surface area contributed by atoms with Crippen molar-refractivity contribution < 1.29 is 9.66 Å². The zero-order valence-electron chi connectivity index (χ0n) is 8.84. The van der Waals surface area contributed by atoms with E-state index in [1.54, 1.807) is 18.2 Å². The van der Waals surface area contributed by atoms with Gasteiger partial charge < -0.3 is 4.74 Å². The van der Waals surface area contributed by atoms with Crippen LogP contribution < -0.4 is 4.74 Å². The molecule has 0 amide bonds. The smallest absolute Gasteiger partial charge is 0.313 e. The van der Waals surface area contributed by atoms with Crippen LogP contribution in [0.5, 0.6) is 11.6 Å². The molecule has 0 saturated carbocycles. The highest BCUT2D eigenvalue weighted by atomic mass is 79.9. The van der Waals surface area contributed by atoms with Crippen molar-refractivity contribution in [2.75, 3.05) is 0 Å². The first-order chi connectivity index (χ1) is 8.58. The van der Waals surface area contributed by atoms with Crippen molar-refractivity contribution in [3.63, 3.8) is 0 Å². The number of para-hydroxylation sites is 1. The highest BCUT2D eigenvalue weighted by molar-refractivity contribution is 9.10. The summed E-state index contributed by atoms with van der Waals surface area (Å²) in [5.74, 6) is 0.204. The molecule has 2 aromatic rings. The topological polar surface area (TPSA) is 65.3 Å². The molecule has 0 saturated heterocycles. The van der Waals surface area contributed by atoms with Gasteiger partial charge in [0.25, 0.3) is 0 Å². The Bertz CT molecular complexity index is 607. The van der Waals surface area contributed by atoms with Gasteiger partial charge in [-0.2, -0.15) is 0 Å². The van der Waals surface area contributed by atoms with Crippen molar-refractivity contribution in [2.24, 2.45) is 0 Å². The number of hydrogen-bond acceptors (Lipinski definition) is 4. The number of ether oxygens (including phenoxy) is 1. The highest BCUT2D eigenvalue weighted by Gasteiger charge is 2.19. The SMILES string of the molecule is O=[N+]([O-])c1cccc(Cl)c1Oc1cccc(Br)n1. The predicted octanol–water partition coefficient (Wildman–Crippen LogP) is 4.20. The lowest BCUT2D eigenvalue weighted by Crippen LogP contribution is -1.95. The summed E-state index contributed by atoms with van der Waals surface area (Å²) in [7, 11) is 0. The Morgan fingerprint density at radius 2 is 2.00 bits per heavy atom. The van der Waals surface area contributed by atoms with Crippen LogP contribution in [0.1, 0.15) is 0 Å². The van der Waals surface area contributed by atoms with E-state index < -0.39 is 4.92 Å². The summed E-state index contributed by atoms with van der Waals surface area (Å²) >= 11 is 9.08. The number of benzene rings is 1. The average Bonchev–Trinajstić information content (AvgIpc) is 2.31. The molecule has 18 heavy (non-hydrogen) atoms. The van der Waals surface area contributed by atoms with E-state index in [9.17, 15) is 10.1 Å². The van der Waals surface area contributed by atoms with E-state index in [0.29, 0.717) is 4.60 Å². The molecule has 92 valence electrons. The monoisotopic (exact) mass is 328 g/mol. The third-order valence-electron chi connectivity index (χ3n) is 2.04. The fourth-order valence-electron chi connectivity index (χ4n) is 1.29. The van der Waals surface area contributed by atoms with Gasteiger partial charge in [-0.3, -0.25) is 10.1 Å². The van der Waals surface area contributed by atoms with Crippen molar-refractivity contribution >= 4 is 33.2 Å². The van der Waals surface area contributed by atoms with Gasteiger partial charge in [-0.15, -0.1) is 0 Å². The molecular weight excluding hydrogens is 323 g/mol. The lowest BCUT2D eigenvalue weighted by Gasteiger charge is -2.06. The number of nitro benzene ring substituents is 1. The first kappa shape index (κ1) is 12.8. The maximum absolute atomic E-state index is 10.9. The van der Waals surface area contributed by atoms with Crippen molar-refractivity contribution in [3.8, 4) is 11.6 Å². The minimum atomic E-state index is -0.556. The van der Waals surface area contributed by atoms with Crippen LogP contribution in [-0.2, 0) is 0 Å². The van der Waals surface area contributed by atoms with Gasteiger partial charge in [0.05, 0.1) is 9.95 Å². The Hall–Kier alpha value is -1.66. The molecule has 0 atom stereocenters. The van der Waals surface area contributed by atoms with Gasteiger partial charge in [0.1, 0.15) is 4.60 Å². The molecular formula is C11H6BrClN2O3. The quantitative estimate of drug-likeness (QED) is 0.481. The minimum Gasteiger partial charge on any atom is -0.430 e. The zero-order valence-corrected chi connectivity index (χ0v) is 11.2. The van der Waals surface area contributed by atoms with E-state index in [-0.39, 0.29) is 22.3 Å². The van der Waals surface area contributed by atoms with Gasteiger partial charge in [-0.05, 0) is 28.1 Å². The van der Waals surface area contributed by atoms with Crippen LogP contribution >= 0.6 is 27.5 Å². The van der Waals surface area contributed by atoms with Crippen LogP contribution in [0.4, 0.5) is 5.69 Å². The normalized spacial score (nSPS) is 10.1. The average molecular weight is 330 g/mol. The molecule has 0 radical (unpaired) electrons. The van der Waals surface area contributed by atoms with Gasteiger partial charge in [0.15, 0.2) is 0 Å². The van der Waals surface area contributed by atoms with Crippen molar-refractivity contribution in [3.05, 3.63) is 56.1 Å². The van der Waals surface area contributed by atoms with Gasteiger partial charge in [-0.25, -0.2) is 4.98 Å². The Labute approximate surface area is 116 Å². The van der Waals surface area contributed by atoms with E-state index in [4.69, 9.17) is 16.3 Å². The molecule has 0 N–H and O–H groups in total. The summed E-state index contributed by atoms with van der Waals surface area (Å²) in [6, 6.07) is 9.32. The molecule has 2 rings (SSSR count). The lowest BCUT2D eigenvalue weighted by atomic mass is 10.3. The van der Waals surface area contributed by atoms with E-state index >= 15 is 0 Å². The fraction of sp³-hybridized carbons (Fsp3) is 0. The maximum atomic E-state index is 10.9. The van der Waals surface area contributed by atoms with Crippen LogP contribution in [-0.4, -0.2) is 9.91 Å². The van der Waals surface area contributed by atoms with Gasteiger partial charge in [0.2, 0.25) is 11.6 Å². The molecule has 0 aliphatic carbocycles. The van der Waals surface area contributed by atoms with Crippen LogP contribution in [0.15, 0.2) is 41.0 Å². The second kappa shape index (κ2) is 5.32. The van der Waals surface area contributed by atoms with E-state index in [2.05, 4.69) is 20.9 Å². The fourth-order valence-corrected chi connectivity index (χ4v) is 1.83. The summed E-state index contributed by atoms with van der Waals surface area (Å²) in [5, 5.41) is 11.0. The van der Waals surface area contributed by atoms with E-state index in [0.717, 1.165) is 0 Å². The van der Waals surface area contributed by atoms with Crippen LogP contribution in [0.2, 0.25) is 5.02 Å². The van der Waals surface area contributed by atoms with Crippen molar-refractivity contribution in [1.82, 2.24) is 4.98 Å². The molecule has 1 heterocycles. The summed E-state index contributed by atoms with van der Waals surface area (Å²) < 4.78 is 5.93. The van der Waals surface area contributed by atoms with E-state index in [1.165, 1.54) is 18.2 Å². The second-order valence-corrected chi connectivity index (χ2v) is 4.47. The van der Waals surface area contributed by atoms with Crippen molar-refractivity contribution in [1.29, 1.82) is 0 Å². The molecule has 0 fully saturated rings. The third kappa shape index (κ3) is 2.77. The van der Waals surface area contributed by atoms with Crippen molar-refractivity contribution in [2.45, 2.75) is 0 Å². The van der Waals surface area contributed by atoms with Gasteiger partial charge in [0, 0.05) is 12.1 Å². The second-order valence-electron chi connectivity index (χ2n) is 3.25. The Morgan fingerprint density at radius 3 is 2.67 bits per heavy atom. The van der Waals surface area contributed by atoms with Gasteiger partial charge in [-0.1, -0.05) is 23.7 Å². The molecule has 0 spiro atoms. The molecule has 0 bridgehead atoms. The number of halogens is 2. The molecule has 1 aromatic heterocycles.